The normalized spacial score (nSPS) is 39.1. The summed E-state index contributed by atoms with van der Waals surface area (Å²) in [5.74, 6) is -0.947. The minimum Gasteiger partial charge on any atom is -0.459 e. The zero-order valence-corrected chi connectivity index (χ0v) is 8.39. The zero-order chi connectivity index (χ0) is 12.3. The van der Waals surface area contributed by atoms with Gasteiger partial charge in [-0.05, 0) is 0 Å². The van der Waals surface area contributed by atoms with Crippen LogP contribution in [0.4, 0.5) is 0 Å². The van der Waals surface area contributed by atoms with Gasteiger partial charge < -0.3 is 29.9 Å². The van der Waals surface area contributed by atoms with Gasteiger partial charge in [-0.15, -0.1) is 0 Å². The topological polar surface area (TPSA) is 116 Å². The van der Waals surface area contributed by atoms with Gasteiger partial charge in [-0.2, -0.15) is 0 Å². The van der Waals surface area contributed by atoms with Crippen LogP contribution >= 0.6 is 0 Å². The molecule has 5 atom stereocenters. The molecule has 1 fully saturated rings. The van der Waals surface area contributed by atoms with Gasteiger partial charge in [-0.1, -0.05) is 12.7 Å². The second-order valence-corrected chi connectivity index (χ2v) is 3.34. The van der Waals surface area contributed by atoms with Crippen molar-refractivity contribution in [2.45, 2.75) is 30.7 Å². The van der Waals surface area contributed by atoms with Crippen LogP contribution in [0.3, 0.4) is 0 Å². The van der Waals surface area contributed by atoms with Gasteiger partial charge in [-0.25, -0.2) is 4.79 Å². The van der Waals surface area contributed by atoms with Crippen LogP contribution in [0.1, 0.15) is 0 Å². The number of rotatable bonds is 3. The summed E-state index contributed by atoms with van der Waals surface area (Å²) in [5, 5.41) is 37.0. The summed E-state index contributed by atoms with van der Waals surface area (Å²) >= 11 is 0. The molecule has 0 aromatic carbocycles. The van der Waals surface area contributed by atoms with Gasteiger partial charge in [0.05, 0.1) is 0 Å². The first kappa shape index (κ1) is 13.1. The number of esters is 1. The number of hydrogen-bond acceptors (Lipinski definition) is 7. The number of ether oxygens (including phenoxy) is 2. The van der Waals surface area contributed by atoms with Gasteiger partial charge in [-0.3, -0.25) is 0 Å². The summed E-state index contributed by atoms with van der Waals surface area (Å²) in [6, 6.07) is 0. The first-order chi connectivity index (χ1) is 7.49. The lowest BCUT2D eigenvalue weighted by Gasteiger charge is -2.36. The highest BCUT2D eigenvalue weighted by atomic mass is 16.7. The maximum atomic E-state index is 11.3. The maximum Gasteiger partial charge on any atom is 0.338 e. The summed E-state index contributed by atoms with van der Waals surface area (Å²) in [6.45, 7) is 3.24. The molecule has 1 aliphatic heterocycles. The predicted octanol–water partition coefficient (Wildman–Crippen LogP) is -2.48. The smallest absolute Gasteiger partial charge is 0.338 e. The first-order valence-corrected chi connectivity index (χ1v) is 4.64. The second-order valence-electron chi connectivity index (χ2n) is 3.34. The molecular weight excluding hydrogens is 220 g/mol. The van der Waals surface area contributed by atoms with Crippen LogP contribution in [-0.2, 0) is 14.3 Å². The molecule has 0 radical (unpaired) electrons. The van der Waals surface area contributed by atoms with E-state index in [1.807, 2.05) is 0 Å². The molecule has 0 bridgehead atoms. The highest BCUT2D eigenvalue weighted by Gasteiger charge is 2.46. The molecule has 0 spiro atoms. The Morgan fingerprint density at radius 1 is 1.25 bits per heavy atom. The van der Waals surface area contributed by atoms with Crippen molar-refractivity contribution in [3.8, 4) is 0 Å². The van der Waals surface area contributed by atoms with Crippen molar-refractivity contribution >= 4 is 5.97 Å². The van der Waals surface area contributed by atoms with E-state index in [0.717, 1.165) is 0 Å². The SMILES string of the molecule is C=CCOC(=O)[C@@H]1O[C@@H](O)[C@@H](O)[C@@H](O)[C@@H]1O. The van der Waals surface area contributed by atoms with Crippen molar-refractivity contribution in [3.05, 3.63) is 12.7 Å². The molecule has 0 aliphatic carbocycles. The van der Waals surface area contributed by atoms with E-state index in [1.165, 1.54) is 6.08 Å². The lowest BCUT2D eigenvalue weighted by Crippen LogP contribution is -2.59. The predicted molar refractivity (Wildman–Crippen MR) is 50.1 cm³/mol. The number of aliphatic hydroxyl groups is 4. The van der Waals surface area contributed by atoms with Crippen molar-refractivity contribution in [1.82, 2.24) is 0 Å². The van der Waals surface area contributed by atoms with Crippen molar-refractivity contribution in [3.63, 3.8) is 0 Å². The van der Waals surface area contributed by atoms with Crippen LogP contribution in [0.2, 0.25) is 0 Å². The zero-order valence-electron chi connectivity index (χ0n) is 8.39. The molecule has 0 saturated carbocycles. The first-order valence-electron chi connectivity index (χ1n) is 4.64. The quantitative estimate of drug-likeness (QED) is 0.315. The fraction of sp³-hybridized carbons (Fsp3) is 0.667. The number of aliphatic hydroxyl groups excluding tert-OH is 4. The molecule has 7 nitrogen and oxygen atoms in total. The van der Waals surface area contributed by atoms with E-state index in [-0.39, 0.29) is 6.61 Å². The summed E-state index contributed by atoms with van der Waals surface area (Å²) in [7, 11) is 0. The minimum absolute atomic E-state index is 0.0832. The molecule has 0 unspecified atom stereocenters. The average molecular weight is 234 g/mol. The fourth-order valence-electron chi connectivity index (χ4n) is 1.28. The molecular formula is C9H14O7. The molecule has 16 heavy (non-hydrogen) atoms. The lowest BCUT2D eigenvalue weighted by molar-refractivity contribution is -0.280. The van der Waals surface area contributed by atoms with E-state index in [9.17, 15) is 15.0 Å². The monoisotopic (exact) mass is 234 g/mol. The van der Waals surface area contributed by atoms with E-state index in [4.69, 9.17) is 10.2 Å². The Balaban J connectivity index is 2.66. The molecule has 92 valence electrons. The molecule has 7 heteroatoms. The van der Waals surface area contributed by atoms with E-state index < -0.39 is 36.7 Å². The molecule has 1 saturated heterocycles. The van der Waals surface area contributed by atoms with Crippen molar-refractivity contribution < 1.29 is 34.7 Å². The number of carbonyl (C=O) groups is 1. The van der Waals surface area contributed by atoms with Gasteiger partial charge in [0.2, 0.25) is 0 Å². The van der Waals surface area contributed by atoms with Gasteiger partial charge in [0, 0.05) is 0 Å². The van der Waals surface area contributed by atoms with Crippen molar-refractivity contribution in [2.24, 2.45) is 0 Å². The van der Waals surface area contributed by atoms with Crippen LogP contribution in [0, 0.1) is 0 Å². The summed E-state index contributed by atoms with van der Waals surface area (Å²) in [6.07, 6.45) is -6.97. The van der Waals surface area contributed by atoms with Gasteiger partial charge in [0.1, 0.15) is 24.9 Å². The Labute approximate surface area is 91.5 Å². The van der Waals surface area contributed by atoms with Crippen LogP contribution in [0.15, 0.2) is 12.7 Å². The van der Waals surface area contributed by atoms with Gasteiger partial charge >= 0.3 is 5.97 Å². The molecule has 1 heterocycles. The van der Waals surface area contributed by atoms with Gasteiger partial charge in [0.25, 0.3) is 0 Å². The number of hydrogen-bond donors (Lipinski definition) is 4. The molecule has 4 N–H and O–H groups in total. The van der Waals surface area contributed by atoms with E-state index in [2.05, 4.69) is 16.1 Å². The molecule has 0 aromatic rings. The Morgan fingerprint density at radius 2 is 1.88 bits per heavy atom. The average Bonchev–Trinajstić information content (AvgIpc) is 2.28. The summed E-state index contributed by atoms with van der Waals surface area (Å²) in [5.41, 5.74) is 0. The Kier molecular flexibility index (Phi) is 4.39. The maximum absolute atomic E-state index is 11.3. The van der Waals surface area contributed by atoms with Crippen molar-refractivity contribution in [1.29, 1.82) is 0 Å². The second kappa shape index (κ2) is 5.37. The standard InChI is InChI=1S/C9H14O7/c1-2-3-15-9(14)7-5(11)4(10)6(12)8(13)16-7/h2,4-8,10-13H,1,3H2/t4-,5-,6-,7+,8+/m0/s1. The van der Waals surface area contributed by atoms with Gasteiger partial charge in [0.15, 0.2) is 12.4 Å². The summed E-state index contributed by atoms with van der Waals surface area (Å²) < 4.78 is 9.21. The third-order valence-corrected chi connectivity index (χ3v) is 2.16. The van der Waals surface area contributed by atoms with E-state index in [1.54, 1.807) is 0 Å². The van der Waals surface area contributed by atoms with Crippen molar-refractivity contribution in [2.75, 3.05) is 6.61 Å². The van der Waals surface area contributed by atoms with Crippen LogP contribution < -0.4 is 0 Å². The fourth-order valence-corrected chi connectivity index (χ4v) is 1.28. The third-order valence-electron chi connectivity index (χ3n) is 2.16. The minimum atomic E-state index is -1.75. The number of carbonyl (C=O) groups excluding carboxylic acids is 1. The largest absolute Gasteiger partial charge is 0.459 e. The molecule has 0 aromatic heterocycles. The lowest BCUT2D eigenvalue weighted by atomic mass is 9.99. The van der Waals surface area contributed by atoms with Crippen LogP contribution in [0.5, 0.6) is 0 Å². The molecule has 1 aliphatic rings. The highest BCUT2D eigenvalue weighted by Crippen LogP contribution is 2.20. The van der Waals surface area contributed by atoms with E-state index >= 15 is 0 Å². The highest BCUT2D eigenvalue weighted by molar-refractivity contribution is 5.75. The molecule has 1 rings (SSSR count). The van der Waals surface area contributed by atoms with Crippen LogP contribution in [-0.4, -0.2) is 63.7 Å². The third kappa shape index (κ3) is 2.57. The Hall–Kier alpha value is -0.990. The Bertz CT molecular complexity index is 267. The molecule has 0 amide bonds. The van der Waals surface area contributed by atoms with Crippen LogP contribution in [0.25, 0.3) is 0 Å². The summed E-state index contributed by atoms with van der Waals surface area (Å²) in [4.78, 5) is 11.3. The Morgan fingerprint density at radius 3 is 2.44 bits per heavy atom. The van der Waals surface area contributed by atoms with E-state index in [0.29, 0.717) is 0 Å².